The fourth-order valence-corrected chi connectivity index (χ4v) is 1.46. The number of aromatic nitrogens is 3. The highest BCUT2D eigenvalue weighted by Gasteiger charge is 1.96. The van der Waals surface area contributed by atoms with Gasteiger partial charge in [-0.2, -0.15) is 0 Å². The van der Waals surface area contributed by atoms with E-state index in [4.69, 9.17) is 11.6 Å². The molecule has 0 saturated heterocycles. The van der Waals surface area contributed by atoms with Crippen LogP contribution in [0.1, 0.15) is 5.56 Å². The lowest BCUT2D eigenvalue weighted by molar-refractivity contribution is 0.994. The molecule has 0 amide bonds. The lowest BCUT2D eigenvalue weighted by Gasteiger charge is -2.04. The molecule has 0 unspecified atom stereocenters. The Morgan fingerprint density at radius 2 is 2.00 bits per heavy atom. The summed E-state index contributed by atoms with van der Waals surface area (Å²) < 4.78 is 0. The van der Waals surface area contributed by atoms with Crippen molar-refractivity contribution in [3.63, 3.8) is 0 Å². The molecule has 16 heavy (non-hydrogen) atoms. The molecule has 2 rings (SSSR count). The van der Waals surface area contributed by atoms with E-state index in [2.05, 4.69) is 20.3 Å². The SMILES string of the molecule is Clc1cc(NCCc2ccncc2)ncn1. The van der Waals surface area contributed by atoms with E-state index >= 15 is 0 Å². The molecule has 0 aliphatic rings. The van der Waals surface area contributed by atoms with E-state index in [0.29, 0.717) is 5.15 Å². The Morgan fingerprint density at radius 3 is 2.75 bits per heavy atom. The van der Waals surface area contributed by atoms with Gasteiger partial charge in [0, 0.05) is 25.0 Å². The lowest BCUT2D eigenvalue weighted by atomic mass is 10.2. The fraction of sp³-hybridized carbons (Fsp3) is 0.182. The molecule has 0 aromatic carbocycles. The van der Waals surface area contributed by atoms with Gasteiger partial charge in [-0.3, -0.25) is 4.98 Å². The van der Waals surface area contributed by atoms with Crippen molar-refractivity contribution in [3.8, 4) is 0 Å². The number of halogens is 1. The molecule has 82 valence electrons. The first-order valence-electron chi connectivity index (χ1n) is 4.95. The fourth-order valence-electron chi connectivity index (χ4n) is 1.31. The maximum absolute atomic E-state index is 5.74. The molecular weight excluding hydrogens is 224 g/mol. The summed E-state index contributed by atoms with van der Waals surface area (Å²) in [4.78, 5) is 11.8. The van der Waals surface area contributed by atoms with Gasteiger partial charge in [0.2, 0.25) is 0 Å². The zero-order valence-corrected chi connectivity index (χ0v) is 9.35. The van der Waals surface area contributed by atoms with Gasteiger partial charge in [-0.05, 0) is 24.1 Å². The quantitative estimate of drug-likeness (QED) is 0.824. The summed E-state index contributed by atoms with van der Waals surface area (Å²) in [7, 11) is 0. The molecule has 1 N–H and O–H groups in total. The van der Waals surface area contributed by atoms with E-state index in [1.165, 1.54) is 11.9 Å². The molecule has 2 heterocycles. The number of anilines is 1. The largest absolute Gasteiger partial charge is 0.370 e. The molecule has 2 aromatic heterocycles. The average molecular weight is 235 g/mol. The maximum atomic E-state index is 5.74. The van der Waals surface area contributed by atoms with Crippen molar-refractivity contribution < 1.29 is 0 Å². The predicted octanol–water partition coefficient (Wildman–Crippen LogP) is 2.18. The molecule has 0 aliphatic carbocycles. The number of rotatable bonds is 4. The predicted molar refractivity (Wildman–Crippen MR) is 63.5 cm³/mol. The van der Waals surface area contributed by atoms with Gasteiger partial charge < -0.3 is 5.32 Å². The molecule has 2 aromatic rings. The van der Waals surface area contributed by atoms with Crippen LogP contribution in [0.3, 0.4) is 0 Å². The van der Waals surface area contributed by atoms with E-state index in [0.717, 1.165) is 18.8 Å². The standard InChI is InChI=1S/C11H11ClN4/c12-10-7-11(16-8-15-10)14-6-3-9-1-4-13-5-2-9/h1-2,4-5,7-8H,3,6H2,(H,14,15,16). The Bertz CT molecular complexity index is 447. The molecule has 5 heteroatoms. The van der Waals surface area contributed by atoms with Crippen molar-refractivity contribution in [2.45, 2.75) is 6.42 Å². The molecule has 0 bridgehead atoms. The Kier molecular flexibility index (Phi) is 3.66. The summed E-state index contributed by atoms with van der Waals surface area (Å²) in [6.07, 6.45) is 5.94. The summed E-state index contributed by atoms with van der Waals surface area (Å²) >= 11 is 5.74. The van der Waals surface area contributed by atoms with Crippen molar-refractivity contribution in [2.75, 3.05) is 11.9 Å². The summed E-state index contributed by atoms with van der Waals surface area (Å²) in [5.41, 5.74) is 1.24. The minimum atomic E-state index is 0.446. The highest BCUT2D eigenvalue weighted by Crippen LogP contribution is 2.08. The second-order valence-corrected chi connectivity index (χ2v) is 3.65. The van der Waals surface area contributed by atoms with Gasteiger partial charge in [0.1, 0.15) is 17.3 Å². The van der Waals surface area contributed by atoms with Crippen molar-refractivity contribution in [3.05, 3.63) is 47.6 Å². The third-order valence-electron chi connectivity index (χ3n) is 2.10. The molecule has 0 fully saturated rings. The summed E-state index contributed by atoms with van der Waals surface area (Å²) in [6.45, 7) is 0.803. The van der Waals surface area contributed by atoms with Crippen LogP contribution in [0, 0.1) is 0 Å². The Balaban J connectivity index is 1.85. The number of nitrogens with zero attached hydrogens (tertiary/aromatic N) is 3. The number of nitrogens with one attached hydrogen (secondary N) is 1. The van der Waals surface area contributed by atoms with Crippen LogP contribution in [0.15, 0.2) is 36.9 Å². The van der Waals surface area contributed by atoms with Gasteiger partial charge in [-0.15, -0.1) is 0 Å². The highest BCUT2D eigenvalue weighted by atomic mass is 35.5. The first-order chi connectivity index (χ1) is 7.84. The minimum absolute atomic E-state index is 0.446. The van der Waals surface area contributed by atoms with Gasteiger partial charge in [-0.25, -0.2) is 9.97 Å². The van der Waals surface area contributed by atoms with Crippen LogP contribution in [-0.4, -0.2) is 21.5 Å². The van der Waals surface area contributed by atoms with E-state index in [9.17, 15) is 0 Å². The zero-order valence-electron chi connectivity index (χ0n) is 8.60. The van der Waals surface area contributed by atoms with Crippen LogP contribution in [0.25, 0.3) is 0 Å². The van der Waals surface area contributed by atoms with Gasteiger partial charge in [-0.1, -0.05) is 11.6 Å². The van der Waals surface area contributed by atoms with Crippen LogP contribution >= 0.6 is 11.6 Å². The number of pyridine rings is 1. The van der Waals surface area contributed by atoms with E-state index in [-0.39, 0.29) is 0 Å². The molecule has 0 radical (unpaired) electrons. The Labute approximate surface area is 98.7 Å². The molecule has 0 aliphatic heterocycles. The Morgan fingerprint density at radius 1 is 1.19 bits per heavy atom. The average Bonchev–Trinajstić information content (AvgIpc) is 2.30. The molecule has 0 saturated carbocycles. The van der Waals surface area contributed by atoms with Crippen molar-refractivity contribution in [1.29, 1.82) is 0 Å². The zero-order chi connectivity index (χ0) is 11.2. The molecular formula is C11H11ClN4. The van der Waals surface area contributed by atoms with Gasteiger partial charge >= 0.3 is 0 Å². The third kappa shape index (κ3) is 3.17. The van der Waals surface area contributed by atoms with Crippen LogP contribution in [0.5, 0.6) is 0 Å². The van der Waals surface area contributed by atoms with Crippen molar-refractivity contribution in [2.24, 2.45) is 0 Å². The smallest absolute Gasteiger partial charge is 0.134 e. The first-order valence-corrected chi connectivity index (χ1v) is 5.33. The maximum Gasteiger partial charge on any atom is 0.134 e. The molecule has 4 nitrogen and oxygen atoms in total. The number of hydrogen-bond acceptors (Lipinski definition) is 4. The van der Waals surface area contributed by atoms with Crippen LogP contribution < -0.4 is 5.32 Å². The van der Waals surface area contributed by atoms with Gasteiger partial charge in [0.15, 0.2) is 0 Å². The first kappa shape index (κ1) is 10.8. The Hall–Kier alpha value is -1.68. The van der Waals surface area contributed by atoms with E-state index in [1.54, 1.807) is 18.5 Å². The monoisotopic (exact) mass is 234 g/mol. The lowest BCUT2D eigenvalue weighted by Crippen LogP contribution is -2.06. The summed E-state index contributed by atoms with van der Waals surface area (Å²) in [6, 6.07) is 5.69. The third-order valence-corrected chi connectivity index (χ3v) is 2.31. The highest BCUT2D eigenvalue weighted by molar-refractivity contribution is 6.29. The molecule has 0 spiro atoms. The molecule has 0 atom stereocenters. The normalized spacial score (nSPS) is 10.1. The van der Waals surface area contributed by atoms with E-state index in [1.807, 2.05) is 12.1 Å². The second-order valence-electron chi connectivity index (χ2n) is 3.26. The van der Waals surface area contributed by atoms with Crippen molar-refractivity contribution in [1.82, 2.24) is 15.0 Å². The number of hydrogen-bond donors (Lipinski definition) is 1. The summed E-state index contributed by atoms with van der Waals surface area (Å²) in [5, 5.41) is 3.62. The van der Waals surface area contributed by atoms with Crippen LogP contribution in [0.4, 0.5) is 5.82 Å². The van der Waals surface area contributed by atoms with E-state index < -0.39 is 0 Å². The topological polar surface area (TPSA) is 50.7 Å². The van der Waals surface area contributed by atoms with Crippen LogP contribution in [-0.2, 0) is 6.42 Å². The van der Waals surface area contributed by atoms with Gasteiger partial charge in [0.25, 0.3) is 0 Å². The summed E-state index contributed by atoms with van der Waals surface area (Å²) in [5.74, 6) is 0.744. The minimum Gasteiger partial charge on any atom is -0.370 e. The van der Waals surface area contributed by atoms with Gasteiger partial charge in [0.05, 0.1) is 0 Å². The van der Waals surface area contributed by atoms with Crippen LogP contribution in [0.2, 0.25) is 5.15 Å². The van der Waals surface area contributed by atoms with Crippen molar-refractivity contribution >= 4 is 17.4 Å². The second kappa shape index (κ2) is 5.42.